The first-order valence-electron chi connectivity index (χ1n) is 8.29. The molecule has 0 saturated heterocycles. The maximum atomic E-state index is 12.1. The lowest BCUT2D eigenvalue weighted by atomic mass is 10.2. The zero-order valence-electron chi connectivity index (χ0n) is 14.8. The van der Waals surface area contributed by atoms with Gasteiger partial charge in [-0.2, -0.15) is 11.8 Å². The van der Waals surface area contributed by atoms with Crippen molar-refractivity contribution in [3.05, 3.63) is 64.2 Å². The molecule has 1 amide bonds. The molecule has 0 saturated carbocycles. The fraction of sp³-hybridized carbons (Fsp3) is 0.350. The van der Waals surface area contributed by atoms with Gasteiger partial charge < -0.3 is 10.1 Å². The standard InChI is InChI=1S/C20H24ClNO2S/c1-14-5-4-6-17(11-14)13-25-10-9-22-20(23)16(3)24-18-7-8-19(21)15(2)12-18/h4-8,11-12,16H,9-10,13H2,1-3H3,(H,22,23). The summed E-state index contributed by atoms with van der Waals surface area (Å²) in [4.78, 5) is 12.1. The predicted octanol–water partition coefficient (Wildman–Crippen LogP) is 4.77. The average molecular weight is 378 g/mol. The van der Waals surface area contributed by atoms with Crippen molar-refractivity contribution in [2.24, 2.45) is 0 Å². The summed E-state index contributed by atoms with van der Waals surface area (Å²) >= 11 is 7.80. The van der Waals surface area contributed by atoms with Crippen LogP contribution >= 0.6 is 23.4 Å². The summed E-state index contributed by atoms with van der Waals surface area (Å²) in [5.74, 6) is 2.36. The minimum atomic E-state index is -0.539. The molecule has 134 valence electrons. The molecule has 2 rings (SSSR count). The number of hydrogen-bond donors (Lipinski definition) is 1. The van der Waals surface area contributed by atoms with Crippen LogP contribution in [0.3, 0.4) is 0 Å². The fourth-order valence-corrected chi connectivity index (χ4v) is 3.25. The Hall–Kier alpha value is -1.65. The highest BCUT2D eigenvalue weighted by molar-refractivity contribution is 7.98. The lowest BCUT2D eigenvalue weighted by Crippen LogP contribution is -2.37. The number of aryl methyl sites for hydroxylation is 2. The van der Waals surface area contributed by atoms with Crippen molar-refractivity contribution in [3.8, 4) is 5.75 Å². The molecule has 0 spiro atoms. The maximum absolute atomic E-state index is 12.1. The molecule has 2 aromatic rings. The Morgan fingerprint density at radius 2 is 2.04 bits per heavy atom. The van der Waals surface area contributed by atoms with Gasteiger partial charge in [-0.1, -0.05) is 41.4 Å². The van der Waals surface area contributed by atoms with Crippen LogP contribution in [0.1, 0.15) is 23.6 Å². The van der Waals surface area contributed by atoms with Crippen molar-refractivity contribution in [2.75, 3.05) is 12.3 Å². The molecule has 0 aliphatic carbocycles. The van der Waals surface area contributed by atoms with Gasteiger partial charge in [-0.05, 0) is 50.1 Å². The van der Waals surface area contributed by atoms with E-state index in [4.69, 9.17) is 16.3 Å². The number of thioether (sulfide) groups is 1. The van der Waals surface area contributed by atoms with Gasteiger partial charge in [0.05, 0.1) is 0 Å². The lowest BCUT2D eigenvalue weighted by Gasteiger charge is -2.15. The Labute approximate surface area is 159 Å². The van der Waals surface area contributed by atoms with E-state index in [0.717, 1.165) is 17.1 Å². The number of amides is 1. The minimum absolute atomic E-state index is 0.108. The van der Waals surface area contributed by atoms with E-state index in [-0.39, 0.29) is 5.91 Å². The first-order valence-corrected chi connectivity index (χ1v) is 9.83. The third kappa shape index (κ3) is 6.63. The number of ether oxygens (including phenoxy) is 1. The molecule has 1 atom stereocenters. The average Bonchev–Trinajstić information content (AvgIpc) is 2.57. The third-order valence-corrected chi connectivity index (χ3v) is 5.16. The summed E-state index contributed by atoms with van der Waals surface area (Å²) in [6.45, 7) is 6.38. The van der Waals surface area contributed by atoms with Gasteiger partial charge in [-0.15, -0.1) is 0 Å². The maximum Gasteiger partial charge on any atom is 0.260 e. The Balaban J connectivity index is 1.68. The number of halogens is 1. The van der Waals surface area contributed by atoms with E-state index < -0.39 is 6.10 Å². The zero-order valence-corrected chi connectivity index (χ0v) is 16.4. The van der Waals surface area contributed by atoms with E-state index in [1.165, 1.54) is 11.1 Å². The predicted molar refractivity (Wildman–Crippen MR) is 107 cm³/mol. The Morgan fingerprint density at radius 1 is 1.24 bits per heavy atom. The molecule has 2 aromatic carbocycles. The Morgan fingerprint density at radius 3 is 2.76 bits per heavy atom. The molecule has 3 nitrogen and oxygen atoms in total. The Kier molecular flexibility index (Phi) is 7.66. The van der Waals surface area contributed by atoms with Gasteiger partial charge >= 0.3 is 0 Å². The van der Waals surface area contributed by atoms with E-state index in [1.807, 2.05) is 13.0 Å². The van der Waals surface area contributed by atoms with Crippen LogP contribution in [-0.2, 0) is 10.5 Å². The van der Waals surface area contributed by atoms with E-state index in [0.29, 0.717) is 17.3 Å². The van der Waals surface area contributed by atoms with Crippen LogP contribution in [-0.4, -0.2) is 24.3 Å². The van der Waals surface area contributed by atoms with Crippen LogP contribution in [0.15, 0.2) is 42.5 Å². The largest absolute Gasteiger partial charge is 0.481 e. The molecule has 5 heteroatoms. The van der Waals surface area contributed by atoms with Gasteiger partial charge in [0.1, 0.15) is 5.75 Å². The number of carbonyl (C=O) groups excluding carboxylic acids is 1. The van der Waals surface area contributed by atoms with Gasteiger partial charge in [-0.25, -0.2) is 0 Å². The van der Waals surface area contributed by atoms with Crippen molar-refractivity contribution >= 4 is 29.3 Å². The quantitative estimate of drug-likeness (QED) is 0.673. The summed E-state index contributed by atoms with van der Waals surface area (Å²) in [7, 11) is 0. The molecule has 25 heavy (non-hydrogen) atoms. The van der Waals surface area contributed by atoms with Crippen LogP contribution in [0.5, 0.6) is 5.75 Å². The lowest BCUT2D eigenvalue weighted by molar-refractivity contribution is -0.127. The van der Waals surface area contributed by atoms with Crippen molar-refractivity contribution in [1.29, 1.82) is 0 Å². The first kappa shape index (κ1) is 19.7. The van der Waals surface area contributed by atoms with Crippen LogP contribution in [0, 0.1) is 13.8 Å². The molecule has 1 N–H and O–H groups in total. The first-order chi connectivity index (χ1) is 12.0. The highest BCUT2D eigenvalue weighted by atomic mass is 35.5. The van der Waals surface area contributed by atoms with Gasteiger partial charge in [0.15, 0.2) is 6.10 Å². The summed E-state index contributed by atoms with van der Waals surface area (Å²) in [6.07, 6.45) is -0.539. The van der Waals surface area contributed by atoms with Crippen LogP contribution in [0.25, 0.3) is 0 Å². The highest BCUT2D eigenvalue weighted by Gasteiger charge is 2.14. The summed E-state index contributed by atoms with van der Waals surface area (Å²) in [6, 6.07) is 13.9. The molecular weight excluding hydrogens is 354 g/mol. The number of nitrogens with one attached hydrogen (secondary N) is 1. The second-order valence-corrected chi connectivity index (χ2v) is 7.52. The van der Waals surface area contributed by atoms with Crippen LogP contribution in [0.4, 0.5) is 0 Å². The number of carbonyl (C=O) groups is 1. The van der Waals surface area contributed by atoms with Gasteiger partial charge in [0.25, 0.3) is 5.91 Å². The normalized spacial score (nSPS) is 11.8. The monoisotopic (exact) mass is 377 g/mol. The van der Waals surface area contributed by atoms with E-state index >= 15 is 0 Å². The number of benzene rings is 2. The molecule has 0 aliphatic rings. The SMILES string of the molecule is Cc1cccc(CSCCNC(=O)C(C)Oc2ccc(Cl)c(C)c2)c1. The molecular formula is C20H24ClNO2S. The number of rotatable bonds is 8. The summed E-state index contributed by atoms with van der Waals surface area (Å²) in [5.41, 5.74) is 3.51. The smallest absolute Gasteiger partial charge is 0.260 e. The van der Waals surface area contributed by atoms with Crippen molar-refractivity contribution in [1.82, 2.24) is 5.32 Å². The highest BCUT2D eigenvalue weighted by Crippen LogP contribution is 2.21. The minimum Gasteiger partial charge on any atom is -0.481 e. The van der Waals surface area contributed by atoms with Gasteiger partial charge in [0.2, 0.25) is 0 Å². The number of hydrogen-bond acceptors (Lipinski definition) is 3. The molecule has 0 fully saturated rings. The zero-order chi connectivity index (χ0) is 18.2. The second kappa shape index (κ2) is 9.73. The fourth-order valence-electron chi connectivity index (χ4n) is 2.33. The van der Waals surface area contributed by atoms with E-state index in [9.17, 15) is 4.79 Å². The molecule has 0 bridgehead atoms. The summed E-state index contributed by atoms with van der Waals surface area (Å²) < 4.78 is 5.67. The molecule has 0 aliphatic heterocycles. The van der Waals surface area contributed by atoms with Crippen molar-refractivity contribution in [2.45, 2.75) is 32.6 Å². The summed E-state index contributed by atoms with van der Waals surface area (Å²) in [5, 5.41) is 3.61. The Bertz CT molecular complexity index is 721. The molecule has 0 heterocycles. The topological polar surface area (TPSA) is 38.3 Å². The van der Waals surface area contributed by atoms with Crippen LogP contribution in [0.2, 0.25) is 5.02 Å². The molecule has 0 radical (unpaired) electrons. The van der Waals surface area contributed by atoms with Crippen LogP contribution < -0.4 is 10.1 Å². The molecule has 0 aromatic heterocycles. The second-order valence-electron chi connectivity index (χ2n) is 6.00. The van der Waals surface area contributed by atoms with E-state index in [2.05, 4.69) is 36.5 Å². The van der Waals surface area contributed by atoms with Gasteiger partial charge in [0, 0.05) is 23.1 Å². The van der Waals surface area contributed by atoms with Crippen molar-refractivity contribution in [3.63, 3.8) is 0 Å². The van der Waals surface area contributed by atoms with Gasteiger partial charge in [-0.3, -0.25) is 4.79 Å². The van der Waals surface area contributed by atoms with Crippen molar-refractivity contribution < 1.29 is 9.53 Å². The third-order valence-electron chi connectivity index (χ3n) is 3.71. The molecule has 1 unspecified atom stereocenters. The van der Waals surface area contributed by atoms with E-state index in [1.54, 1.807) is 30.8 Å².